The van der Waals surface area contributed by atoms with Crippen molar-refractivity contribution >= 4 is 35.0 Å². The van der Waals surface area contributed by atoms with Crippen LogP contribution in [-0.4, -0.2) is 36.4 Å². The lowest BCUT2D eigenvalue weighted by molar-refractivity contribution is -0.344. The molecule has 0 radical (unpaired) electrons. The molecule has 3 rings (SSSR count). The fourth-order valence-electron chi connectivity index (χ4n) is 2.13. The highest BCUT2D eigenvalue weighted by Crippen LogP contribution is 2.30. The maximum absolute atomic E-state index is 11.7. The van der Waals surface area contributed by atoms with Crippen molar-refractivity contribution in [2.75, 3.05) is 12.8 Å². The molecule has 0 atom stereocenters. The molecule has 0 unspecified atom stereocenters. The largest absolute Gasteiger partial charge is 0.542 e. The Bertz CT molecular complexity index is 872. The van der Waals surface area contributed by atoms with Gasteiger partial charge in [0, 0.05) is 17.9 Å². The minimum atomic E-state index is -5.19. The smallest absolute Gasteiger partial charge is 0.430 e. The summed E-state index contributed by atoms with van der Waals surface area (Å²) in [5.74, 6) is -3.01. The molecule has 2 aliphatic heterocycles. The standard InChI is InChI=1S/C11H9N3O2.C2HF3O2/c1-14-7-3-6(12)11(16)10-9(7)5(4-13-10)2-8(14)15;3-2(4,5)1(6)7/h3-4H,2H2,1H3,(H2,12,13,16);(H,6,7). The number of nitrogens with zero attached hydrogens (tertiary/aromatic N) is 2. The maximum atomic E-state index is 11.7. The lowest BCUT2D eigenvalue weighted by atomic mass is 10.1. The van der Waals surface area contributed by atoms with Crippen molar-refractivity contribution in [2.24, 2.45) is 4.99 Å². The number of carbonyl (C=O) groups is 2. The number of hydrogen-bond donors (Lipinski definition) is 2. The molecule has 0 spiro atoms. The lowest BCUT2D eigenvalue weighted by Gasteiger charge is -2.05. The zero-order valence-corrected chi connectivity index (χ0v) is 11.6. The van der Waals surface area contributed by atoms with Crippen LogP contribution in [0.1, 0.15) is 6.42 Å². The first-order valence-corrected chi connectivity index (χ1v) is 6.14. The Morgan fingerprint density at radius 1 is 1.48 bits per heavy atom. The van der Waals surface area contributed by atoms with E-state index >= 15 is 0 Å². The molecule has 1 aromatic rings. The van der Waals surface area contributed by atoms with Crippen LogP contribution in [0.4, 0.5) is 24.5 Å². The van der Waals surface area contributed by atoms with Crippen LogP contribution < -0.4 is 26.0 Å². The molecule has 0 aliphatic carbocycles. The van der Waals surface area contributed by atoms with Crippen LogP contribution in [0.3, 0.4) is 0 Å². The first-order chi connectivity index (χ1) is 10.5. The van der Waals surface area contributed by atoms with Crippen molar-refractivity contribution in [1.29, 1.82) is 0 Å². The van der Waals surface area contributed by atoms with E-state index in [1.807, 2.05) is 0 Å². The molecule has 0 bridgehead atoms. The van der Waals surface area contributed by atoms with Crippen LogP contribution in [0.25, 0.3) is 5.57 Å². The van der Waals surface area contributed by atoms with Crippen LogP contribution in [0, 0.1) is 0 Å². The van der Waals surface area contributed by atoms with E-state index in [1.165, 1.54) is 0 Å². The van der Waals surface area contributed by atoms with Gasteiger partial charge in [0.15, 0.2) is 5.75 Å². The predicted molar refractivity (Wildman–Crippen MR) is 71.2 cm³/mol. The average Bonchev–Trinajstić information content (AvgIpc) is 2.85. The van der Waals surface area contributed by atoms with Gasteiger partial charge < -0.3 is 20.7 Å². The fraction of sp³-hybridized carbons (Fsp3) is 0.231. The van der Waals surface area contributed by atoms with Gasteiger partial charge >= 0.3 is 12.1 Å². The van der Waals surface area contributed by atoms with Gasteiger partial charge in [-0.05, 0) is 0 Å². The Morgan fingerprint density at radius 2 is 2.04 bits per heavy atom. The van der Waals surface area contributed by atoms with Crippen molar-refractivity contribution in [3.8, 4) is 5.75 Å². The zero-order chi connectivity index (χ0) is 17.5. The summed E-state index contributed by atoms with van der Waals surface area (Å²) < 4.78 is 33.1. The van der Waals surface area contributed by atoms with E-state index in [2.05, 4.69) is 4.99 Å². The fourth-order valence-corrected chi connectivity index (χ4v) is 2.13. The van der Waals surface area contributed by atoms with Crippen molar-refractivity contribution in [1.82, 2.24) is 4.58 Å². The van der Waals surface area contributed by atoms with E-state index in [-0.39, 0.29) is 17.3 Å². The first kappa shape index (κ1) is 16.5. The monoisotopic (exact) mass is 329 g/mol. The number of alkyl halides is 3. The van der Waals surface area contributed by atoms with E-state index in [0.29, 0.717) is 17.5 Å². The Morgan fingerprint density at radius 3 is 2.57 bits per heavy atom. The number of phenols is 1. The third kappa shape index (κ3) is 2.87. The molecule has 0 aromatic heterocycles. The molecule has 1 aromatic carbocycles. The predicted octanol–water partition coefficient (Wildman–Crippen LogP) is -1.81. The Balaban J connectivity index is 0.000000236. The van der Waals surface area contributed by atoms with Gasteiger partial charge in [-0.1, -0.05) is 0 Å². The van der Waals surface area contributed by atoms with Crippen molar-refractivity contribution < 1.29 is 33.0 Å². The van der Waals surface area contributed by atoms with Crippen LogP contribution >= 0.6 is 0 Å². The molecular formula is C13H10F3N3O4. The summed E-state index contributed by atoms with van der Waals surface area (Å²) in [6, 6.07) is 1.61. The number of aliphatic carboxylic acids is 1. The summed E-state index contributed by atoms with van der Waals surface area (Å²) in [6.07, 6.45) is -3.25. The SMILES string of the molecule is C[N+]1=c2cc(N)c(O)c3c2=C(C=N3)CC1=O.O=C([O-])C(F)(F)F. The highest BCUT2D eigenvalue weighted by atomic mass is 19.4. The van der Waals surface area contributed by atoms with Gasteiger partial charge in [0.05, 0.1) is 10.9 Å². The molecule has 2 aliphatic rings. The van der Waals surface area contributed by atoms with Gasteiger partial charge in [-0.25, -0.2) is 4.79 Å². The van der Waals surface area contributed by atoms with Crippen LogP contribution in [0.5, 0.6) is 5.75 Å². The van der Waals surface area contributed by atoms with Crippen LogP contribution in [0.2, 0.25) is 0 Å². The van der Waals surface area contributed by atoms with Gasteiger partial charge in [0.1, 0.15) is 25.1 Å². The van der Waals surface area contributed by atoms with E-state index in [1.54, 1.807) is 23.9 Å². The number of halogens is 3. The molecular weight excluding hydrogens is 319 g/mol. The van der Waals surface area contributed by atoms with Crippen molar-refractivity contribution in [3.63, 3.8) is 0 Å². The number of aromatic hydroxyl groups is 1. The van der Waals surface area contributed by atoms with Crippen molar-refractivity contribution in [2.45, 2.75) is 12.6 Å². The summed E-state index contributed by atoms with van der Waals surface area (Å²) in [4.78, 5) is 24.6. The zero-order valence-electron chi connectivity index (χ0n) is 11.6. The van der Waals surface area contributed by atoms with Crippen molar-refractivity contribution in [3.05, 3.63) is 16.6 Å². The topological polar surface area (TPSA) is 119 Å². The Labute approximate surface area is 126 Å². The van der Waals surface area contributed by atoms with E-state index in [4.69, 9.17) is 15.6 Å². The van der Waals surface area contributed by atoms with Gasteiger partial charge in [-0.3, -0.25) is 4.99 Å². The number of nitrogens with two attached hydrogens (primary N) is 1. The van der Waals surface area contributed by atoms with Gasteiger partial charge in [-0.2, -0.15) is 17.7 Å². The number of anilines is 1. The molecule has 0 saturated heterocycles. The number of carboxylic acid groups (broad SMARTS) is 1. The second-order valence-corrected chi connectivity index (χ2v) is 4.76. The summed E-state index contributed by atoms with van der Waals surface area (Å²) in [5.41, 5.74) is 7.25. The molecule has 1 amide bonds. The Kier molecular flexibility index (Phi) is 3.85. The normalized spacial score (nSPS) is 15.2. The number of phenolic OH excluding ortho intramolecular Hbond substituents is 1. The quantitative estimate of drug-likeness (QED) is 0.330. The molecule has 10 heteroatoms. The second-order valence-electron chi connectivity index (χ2n) is 4.76. The summed E-state index contributed by atoms with van der Waals surface area (Å²) in [6.45, 7) is 0. The number of carboxylic acids is 1. The Hall–Kier alpha value is -2.91. The number of amides is 1. The second kappa shape index (κ2) is 5.38. The highest BCUT2D eigenvalue weighted by molar-refractivity contribution is 6.13. The number of carbonyl (C=O) groups excluding carboxylic acids is 2. The van der Waals surface area contributed by atoms with E-state index < -0.39 is 12.1 Å². The minimum Gasteiger partial charge on any atom is -0.542 e. The summed E-state index contributed by atoms with van der Waals surface area (Å²) in [5, 5.41) is 20.1. The average molecular weight is 329 g/mol. The van der Waals surface area contributed by atoms with E-state index in [0.717, 1.165) is 10.8 Å². The minimum absolute atomic E-state index is 0.00638. The molecule has 7 nitrogen and oxygen atoms in total. The van der Waals surface area contributed by atoms with Crippen LogP contribution in [0.15, 0.2) is 11.1 Å². The highest BCUT2D eigenvalue weighted by Gasteiger charge is 2.29. The summed E-state index contributed by atoms with van der Waals surface area (Å²) >= 11 is 0. The molecule has 23 heavy (non-hydrogen) atoms. The van der Waals surface area contributed by atoms with Gasteiger partial charge in [0.25, 0.3) is 0 Å². The van der Waals surface area contributed by atoms with Crippen LogP contribution in [-0.2, 0) is 9.59 Å². The maximum Gasteiger partial charge on any atom is 0.430 e. The molecule has 0 fully saturated rings. The van der Waals surface area contributed by atoms with Gasteiger partial charge in [-0.15, -0.1) is 0 Å². The number of hydrogen-bond acceptors (Lipinski definition) is 6. The molecule has 2 heterocycles. The number of rotatable bonds is 0. The number of benzene rings is 1. The van der Waals surface area contributed by atoms with Gasteiger partial charge in [0.2, 0.25) is 5.36 Å². The number of nitrogen functional groups attached to an aromatic ring is 1. The molecule has 3 N–H and O–H groups in total. The number of aliphatic imine (C=N–C) groups is 1. The van der Waals surface area contributed by atoms with E-state index in [9.17, 15) is 23.1 Å². The molecule has 122 valence electrons. The molecule has 0 saturated carbocycles. The third-order valence-electron chi connectivity index (χ3n) is 3.26. The summed E-state index contributed by atoms with van der Waals surface area (Å²) in [7, 11) is 1.70. The first-order valence-electron chi connectivity index (χ1n) is 6.14. The lowest BCUT2D eigenvalue weighted by Crippen LogP contribution is -2.45. The third-order valence-corrected chi connectivity index (χ3v) is 3.26.